The molecule has 182 valence electrons. The van der Waals surface area contributed by atoms with Crippen molar-refractivity contribution in [3.05, 3.63) is 83.4 Å². The van der Waals surface area contributed by atoms with Crippen LogP contribution < -0.4 is 14.8 Å². The minimum atomic E-state index is -3.69. The van der Waals surface area contributed by atoms with E-state index in [0.717, 1.165) is 17.4 Å². The average molecular weight is 484 g/mol. The Bertz CT molecular complexity index is 1230. The molecule has 0 radical (unpaired) electrons. The van der Waals surface area contributed by atoms with Crippen LogP contribution in [-0.2, 0) is 14.3 Å². The van der Waals surface area contributed by atoms with Crippen LogP contribution in [0.15, 0.2) is 66.7 Å². The van der Waals surface area contributed by atoms with Gasteiger partial charge in [-0.05, 0) is 87.7 Å². The molecule has 0 aliphatic heterocycles. The van der Waals surface area contributed by atoms with Crippen molar-refractivity contribution < 1.29 is 22.1 Å². The molecule has 1 unspecified atom stereocenters. The van der Waals surface area contributed by atoms with Crippen LogP contribution >= 0.6 is 0 Å². The Morgan fingerprint density at radius 3 is 1.88 bits per heavy atom. The third kappa shape index (κ3) is 8.17. The number of aryl methyl sites for hydroxylation is 2. The van der Waals surface area contributed by atoms with Crippen molar-refractivity contribution in [2.45, 2.75) is 46.3 Å². The minimum absolute atomic E-state index is 0.214. The first-order valence-corrected chi connectivity index (χ1v) is 13.0. The Labute approximate surface area is 203 Å². The summed E-state index contributed by atoms with van der Waals surface area (Å²) >= 11 is 0. The molecule has 6 nitrogen and oxygen atoms in total. The molecule has 7 heteroatoms. The Balaban J connectivity index is 2.01. The Hall–Kier alpha value is -2.87. The molecule has 0 aliphatic rings. The van der Waals surface area contributed by atoms with Crippen LogP contribution in [-0.4, -0.2) is 26.8 Å². The molecular weight excluding hydrogens is 450 g/mol. The zero-order valence-corrected chi connectivity index (χ0v) is 21.4. The molecule has 34 heavy (non-hydrogen) atoms. The number of rotatable bonds is 9. The van der Waals surface area contributed by atoms with E-state index in [1.54, 1.807) is 18.2 Å². The van der Waals surface area contributed by atoms with Crippen molar-refractivity contribution in [1.82, 2.24) is 5.32 Å². The molecular formula is C27H33NO5S. The summed E-state index contributed by atoms with van der Waals surface area (Å²) in [5, 5.41) is 3.32. The van der Waals surface area contributed by atoms with Gasteiger partial charge in [-0.1, -0.05) is 30.3 Å². The maximum Gasteiger partial charge on any atom is 0.265 e. The van der Waals surface area contributed by atoms with Gasteiger partial charge in [0, 0.05) is 12.1 Å². The molecule has 0 aliphatic carbocycles. The van der Waals surface area contributed by atoms with Gasteiger partial charge in [-0.15, -0.1) is 0 Å². The molecule has 3 aromatic rings. The lowest BCUT2D eigenvalue weighted by Gasteiger charge is -2.25. The van der Waals surface area contributed by atoms with Crippen molar-refractivity contribution >= 4 is 10.1 Å². The third-order valence-electron chi connectivity index (χ3n) is 4.88. The molecule has 1 atom stereocenters. The zero-order chi connectivity index (χ0) is 24.9. The van der Waals surface area contributed by atoms with Gasteiger partial charge in [0.25, 0.3) is 10.1 Å². The van der Waals surface area contributed by atoms with Crippen molar-refractivity contribution in [3.63, 3.8) is 0 Å². The number of ether oxygens (including phenoxy) is 2. The monoisotopic (exact) mass is 483 g/mol. The highest BCUT2D eigenvalue weighted by Gasteiger charge is 2.23. The van der Waals surface area contributed by atoms with Crippen molar-refractivity contribution in [2.75, 3.05) is 12.8 Å². The number of benzene rings is 3. The Morgan fingerprint density at radius 1 is 0.824 bits per heavy atom. The summed E-state index contributed by atoms with van der Waals surface area (Å²) in [6.45, 7) is 10.3. The maximum absolute atomic E-state index is 12.0. The molecule has 0 amide bonds. The normalized spacial score (nSPS) is 12.9. The zero-order valence-electron chi connectivity index (χ0n) is 20.6. The topological polar surface area (TPSA) is 73.9 Å². The van der Waals surface area contributed by atoms with E-state index in [9.17, 15) is 8.42 Å². The van der Waals surface area contributed by atoms with Gasteiger partial charge in [0.15, 0.2) is 11.5 Å². The summed E-state index contributed by atoms with van der Waals surface area (Å²) in [5.74, 6) is 2.31. The predicted molar refractivity (Wildman–Crippen MR) is 135 cm³/mol. The molecule has 0 fully saturated rings. The van der Waals surface area contributed by atoms with E-state index in [1.807, 2.05) is 83.1 Å². The van der Waals surface area contributed by atoms with Gasteiger partial charge in [-0.25, -0.2) is 0 Å². The van der Waals surface area contributed by atoms with Crippen LogP contribution in [0.4, 0.5) is 0 Å². The first kappa shape index (κ1) is 25.7. The molecule has 3 aromatic carbocycles. The van der Waals surface area contributed by atoms with Crippen LogP contribution in [0, 0.1) is 13.8 Å². The summed E-state index contributed by atoms with van der Waals surface area (Å²) in [5.41, 5.74) is 2.57. The lowest BCUT2D eigenvalue weighted by molar-refractivity contribution is 0.197. The lowest BCUT2D eigenvalue weighted by atomic mass is 10.1. The van der Waals surface area contributed by atoms with Gasteiger partial charge in [0.05, 0.1) is 6.26 Å². The van der Waals surface area contributed by atoms with Crippen molar-refractivity contribution in [2.24, 2.45) is 0 Å². The minimum Gasteiger partial charge on any atom is -0.453 e. The van der Waals surface area contributed by atoms with Crippen molar-refractivity contribution in [3.8, 4) is 23.0 Å². The predicted octanol–water partition coefficient (Wildman–Crippen LogP) is 6.29. The largest absolute Gasteiger partial charge is 0.453 e. The smallest absolute Gasteiger partial charge is 0.265 e. The molecule has 0 aromatic heterocycles. The summed E-state index contributed by atoms with van der Waals surface area (Å²) in [6, 6.07) is 20.8. The van der Waals surface area contributed by atoms with Crippen LogP contribution in [0.1, 0.15) is 43.6 Å². The number of hydrogen-bond donors (Lipinski definition) is 1. The van der Waals surface area contributed by atoms with E-state index in [0.29, 0.717) is 35.1 Å². The highest BCUT2D eigenvalue weighted by atomic mass is 32.2. The maximum atomic E-state index is 12.0. The Morgan fingerprint density at radius 2 is 1.38 bits per heavy atom. The fourth-order valence-corrected chi connectivity index (χ4v) is 3.92. The average Bonchev–Trinajstić information content (AvgIpc) is 2.71. The quantitative estimate of drug-likeness (QED) is 0.360. The van der Waals surface area contributed by atoms with Gasteiger partial charge >= 0.3 is 0 Å². The van der Waals surface area contributed by atoms with Gasteiger partial charge < -0.3 is 14.8 Å². The summed E-state index contributed by atoms with van der Waals surface area (Å²) in [7, 11) is -3.69. The molecule has 0 spiro atoms. The summed E-state index contributed by atoms with van der Waals surface area (Å²) in [6.07, 6.45) is 0.318. The fourth-order valence-electron chi connectivity index (χ4n) is 3.32. The number of hydrogen-bond acceptors (Lipinski definition) is 6. The lowest BCUT2D eigenvalue weighted by Crippen LogP contribution is -2.39. The van der Waals surface area contributed by atoms with Gasteiger partial charge in [-0.2, -0.15) is 8.42 Å². The standard InChI is InChI=1S/C27H33NO5S/c1-19-9-7-11-22(15-19)31-24-14-13-21(17-25(24)32-23-12-8-10-20(2)16-23)26(33-34(6,29)30)18-28-27(3,4)5/h7-17,26,28H,18H2,1-6H3. The van der Waals surface area contributed by atoms with E-state index in [2.05, 4.69) is 5.32 Å². The Kier molecular flexibility index (Phi) is 8.02. The SMILES string of the molecule is Cc1cccc(Oc2ccc(C(CNC(C)(C)C)OS(C)(=O)=O)cc2Oc2cccc(C)c2)c1. The molecule has 0 saturated carbocycles. The second kappa shape index (κ2) is 10.6. The van der Waals surface area contributed by atoms with E-state index >= 15 is 0 Å². The third-order valence-corrected chi connectivity index (χ3v) is 5.46. The van der Waals surface area contributed by atoms with Crippen LogP contribution in [0.25, 0.3) is 0 Å². The van der Waals surface area contributed by atoms with E-state index < -0.39 is 16.2 Å². The highest BCUT2D eigenvalue weighted by molar-refractivity contribution is 7.86. The second-order valence-corrected chi connectivity index (χ2v) is 11.1. The van der Waals surface area contributed by atoms with Crippen LogP contribution in [0.2, 0.25) is 0 Å². The van der Waals surface area contributed by atoms with E-state index in [1.165, 1.54) is 0 Å². The van der Waals surface area contributed by atoms with E-state index in [-0.39, 0.29) is 5.54 Å². The van der Waals surface area contributed by atoms with Crippen molar-refractivity contribution in [1.29, 1.82) is 0 Å². The highest BCUT2D eigenvalue weighted by Crippen LogP contribution is 2.38. The van der Waals surface area contributed by atoms with Crippen LogP contribution in [0.5, 0.6) is 23.0 Å². The molecule has 1 N–H and O–H groups in total. The van der Waals surface area contributed by atoms with Gasteiger partial charge in [-0.3, -0.25) is 4.18 Å². The summed E-state index contributed by atoms with van der Waals surface area (Å²) in [4.78, 5) is 0. The summed E-state index contributed by atoms with van der Waals surface area (Å²) < 4.78 is 41.8. The van der Waals surface area contributed by atoms with Crippen LogP contribution in [0.3, 0.4) is 0 Å². The first-order chi connectivity index (χ1) is 15.9. The first-order valence-electron chi connectivity index (χ1n) is 11.1. The fraction of sp³-hybridized carbons (Fsp3) is 0.333. The van der Waals surface area contributed by atoms with Gasteiger partial charge in [0.2, 0.25) is 0 Å². The van der Waals surface area contributed by atoms with E-state index in [4.69, 9.17) is 13.7 Å². The molecule has 0 bridgehead atoms. The second-order valence-electron chi connectivity index (χ2n) is 9.46. The van der Waals surface area contributed by atoms with Gasteiger partial charge in [0.1, 0.15) is 17.6 Å². The molecule has 0 heterocycles. The number of nitrogens with one attached hydrogen (secondary N) is 1. The molecule has 0 saturated heterocycles. The molecule has 3 rings (SSSR count).